The molecule has 1 heterocycles. The minimum Gasteiger partial charge on any atom is -0.376 e. The van der Waals surface area contributed by atoms with Gasteiger partial charge in [-0.25, -0.2) is 0 Å². The number of carbonyl (C=O) groups excluding carboxylic acids is 3. The van der Waals surface area contributed by atoms with E-state index in [9.17, 15) is 14.4 Å². The van der Waals surface area contributed by atoms with Gasteiger partial charge in [0.15, 0.2) is 0 Å². The van der Waals surface area contributed by atoms with Crippen LogP contribution in [0.4, 0.5) is 0 Å². The molecule has 3 N–H and O–H groups in total. The Kier molecular flexibility index (Phi) is 5.97. The van der Waals surface area contributed by atoms with Gasteiger partial charge in [-0.3, -0.25) is 19.7 Å². The van der Waals surface area contributed by atoms with E-state index < -0.39 is 0 Å². The van der Waals surface area contributed by atoms with Crippen LogP contribution in [0.25, 0.3) is 0 Å². The maximum Gasteiger partial charge on any atom is 0.245 e. The highest BCUT2D eigenvalue weighted by atomic mass is 16.3. The third-order valence-electron chi connectivity index (χ3n) is 1.30. The van der Waals surface area contributed by atoms with Crippen molar-refractivity contribution in [3.63, 3.8) is 0 Å². The quantitative estimate of drug-likeness (QED) is 0.292. The normalized spacial score (nSPS) is 13.8. The molecular formula is C8H12N2O4. The molecule has 6 nitrogen and oxygen atoms in total. The number of amides is 3. The molecule has 0 saturated carbocycles. The number of aliphatic hydroxyl groups is 1. The molecule has 6 heteroatoms. The van der Waals surface area contributed by atoms with E-state index in [1.807, 2.05) is 0 Å². The summed E-state index contributed by atoms with van der Waals surface area (Å²) in [5, 5.41) is 12.2. The predicted octanol–water partition coefficient (Wildman–Crippen LogP) is -1.34. The van der Waals surface area contributed by atoms with E-state index >= 15 is 0 Å². The van der Waals surface area contributed by atoms with Gasteiger partial charge in [-0.15, -0.1) is 0 Å². The number of hydrogen-bond acceptors (Lipinski definition) is 4. The summed E-state index contributed by atoms with van der Waals surface area (Å²) < 4.78 is 0. The van der Waals surface area contributed by atoms with Crippen molar-refractivity contribution < 1.29 is 19.5 Å². The van der Waals surface area contributed by atoms with Crippen LogP contribution in [0.3, 0.4) is 0 Å². The largest absolute Gasteiger partial charge is 0.376 e. The van der Waals surface area contributed by atoms with Gasteiger partial charge in [0, 0.05) is 12.8 Å². The second-order valence-corrected chi connectivity index (χ2v) is 2.37. The van der Waals surface area contributed by atoms with Crippen LogP contribution >= 0.6 is 0 Å². The van der Waals surface area contributed by atoms with Gasteiger partial charge in [-0.1, -0.05) is 6.58 Å². The first kappa shape index (κ1) is 12.3. The molecule has 1 saturated heterocycles. The molecular weight excluding hydrogens is 188 g/mol. The summed E-state index contributed by atoms with van der Waals surface area (Å²) in [7, 11) is 0. The molecule has 0 aromatic heterocycles. The molecule has 0 spiro atoms. The van der Waals surface area contributed by atoms with Crippen molar-refractivity contribution in [3.8, 4) is 0 Å². The van der Waals surface area contributed by atoms with Gasteiger partial charge < -0.3 is 10.4 Å². The smallest absolute Gasteiger partial charge is 0.245 e. The lowest BCUT2D eigenvalue weighted by Gasteiger charge is -1.89. The first-order valence-electron chi connectivity index (χ1n) is 3.94. The van der Waals surface area contributed by atoms with E-state index in [0.29, 0.717) is 12.8 Å². The Morgan fingerprint density at radius 3 is 2.14 bits per heavy atom. The maximum absolute atomic E-state index is 10.1. The summed E-state index contributed by atoms with van der Waals surface area (Å²) in [5.74, 6) is -0.655. The molecule has 0 aliphatic carbocycles. The average molecular weight is 200 g/mol. The van der Waals surface area contributed by atoms with Crippen molar-refractivity contribution >= 4 is 17.7 Å². The zero-order chi connectivity index (χ0) is 11.0. The monoisotopic (exact) mass is 200 g/mol. The van der Waals surface area contributed by atoms with E-state index in [1.54, 1.807) is 0 Å². The maximum atomic E-state index is 10.1. The highest BCUT2D eigenvalue weighted by Crippen LogP contribution is 1.95. The summed E-state index contributed by atoms with van der Waals surface area (Å²) in [6.45, 7) is 2.83. The van der Waals surface area contributed by atoms with Crippen LogP contribution in [-0.4, -0.2) is 29.6 Å². The molecule has 0 unspecified atom stereocenters. The van der Waals surface area contributed by atoms with Gasteiger partial charge in [-0.2, -0.15) is 0 Å². The fourth-order valence-corrected chi connectivity index (χ4v) is 0.658. The number of nitrogens with one attached hydrogen (secondary N) is 2. The number of rotatable bonds is 2. The zero-order valence-electron chi connectivity index (χ0n) is 7.58. The Bertz CT molecular complexity index is 236. The molecule has 0 atom stereocenters. The minimum absolute atomic E-state index is 0.148. The number of aliphatic hydroxyl groups excluding tert-OH is 1. The van der Waals surface area contributed by atoms with Crippen LogP contribution in [0.2, 0.25) is 0 Å². The molecule has 1 aliphatic rings. The molecule has 0 bridgehead atoms. The Labute approximate surface area is 81.0 Å². The van der Waals surface area contributed by atoms with E-state index in [0.717, 1.165) is 6.08 Å². The van der Waals surface area contributed by atoms with E-state index in [2.05, 4.69) is 17.2 Å². The molecule has 78 valence electrons. The zero-order valence-corrected chi connectivity index (χ0v) is 7.58. The lowest BCUT2D eigenvalue weighted by atomic mass is 10.4. The molecule has 1 fully saturated rings. The van der Waals surface area contributed by atoms with Crippen LogP contribution in [0, 0.1) is 0 Å². The highest BCUT2D eigenvalue weighted by Gasteiger charge is 2.15. The molecule has 1 aliphatic heterocycles. The SMILES string of the molecule is C=CC(=O)NCO.O=C1CCC(=O)N1. The fourth-order valence-electron chi connectivity index (χ4n) is 0.658. The lowest BCUT2D eigenvalue weighted by molar-refractivity contribution is -0.125. The third-order valence-corrected chi connectivity index (χ3v) is 1.30. The van der Waals surface area contributed by atoms with Crippen molar-refractivity contribution in [3.05, 3.63) is 12.7 Å². The van der Waals surface area contributed by atoms with Crippen molar-refractivity contribution in [1.82, 2.24) is 10.6 Å². The van der Waals surface area contributed by atoms with E-state index in [4.69, 9.17) is 5.11 Å². The fraction of sp³-hybridized carbons (Fsp3) is 0.375. The molecule has 3 amide bonds. The molecule has 0 radical (unpaired) electrons. The Balaban J connectivity index is 0.000000241. The summed E-state index contributed by atoms with van der Waals surface area (Å²) in [6, 6.07) is 0. The standard InChI is InChI=1S/C4H5NO2.C4H7NO2/c6-3-1-2-4(7)5-3;1-2-4(7)5-3-6/h1-2H2,(H,5,6,7);2,6H,1,3H2,(H,5,7). The molecule has 0 aromatic carbocycles. The Morgan fingerprint density at radius 1 is 1.50 bits per heavy atom. The number of imide groups is 1. The molecule has 0 aromatic rings. The van der Waals surface area contributed by atoms with Crippen LogP contribution in [0.15, 0.2) is 12.7 Å². The number of hydrogen-bond donors (Lipinski definition) is 3. The van der Waals surface area contributed by atoms with Crippen LogP contribution in [-0.2, 0) is 14.4 Å². The highest BCUT2D eigenvalue weighted by molar-refractivity contribution is 6.01. The van der Waals surface area contributed by atoms with Crippen molar-refractivity contribution in [2.45, 2.75) is 12.8 Å². The number of carbonyl (C=O) groups is 3. The Hall–Kier alpha value is -1.69. The second kappa shape index (κ2) is 6.79. The summed E-state index contributed by atoms with van der Waals surface area (Å²) in [4.78, 5) is 30.3. The van der Waals surface area contributed by atoms with Crippen molar-refractivity contribution in [2.75, 3.05) is 6.73 Å². The molecule has 14 heavy (non-hydrogen) atoms. The van der Waals surface area contributed by atoms with Gasteiger partial charge in [0.05, 0.1) is 0 Å². The van der Waals surface area contributed by atoms with Gasteiger partial charge in [0.25, 0.3) is 0 Å². The van der Waals surface area contributed by atoms with E-state index in [1.165, 1.54) is 0 Å². The summed E-state index contributed by atoms with van der Waals surface area (Å²) in [6.07, 6.45) is 1.84. The topological polar surface area (TPSA) is 95.5 Å². The summed E-state index contributed by atoms with van der Waals surface area (Å²) in [5.41, 5.74) is 0. The van der Waals surface area contributed by atoms with E-state index in [-0.39, 0.29) is 24.5 Å². The predicted molar refractivity (Wildman–Crippen MR) is 47.8 cm³/mol. The van der Waals surface area contributed by atoms with Crippen molar-refractivity contribution in [2.24, 2.45) is 0 Å². The van der Waals surface area contributed by atoms with Gasteiger partial charge in [0.1, 0.15) is 6.73 Å². The van der Waals surface area contributed by atoms with Crippen LogP contribution < -0.4 is 10.6 Å². The van der Waals surface area contributed by atoms with Crippen LogP contribution in [0.5, 0.6) is 0 Å². The first-order valence-corrected chi connectivity index (χ1v) is 3.94. The molecule has 1 rings (SSSR count). The van der Waals surface area contributed by atoms with Gasteiger partial charge in [-0.05, 0) is 6.08 Å². The third kappa shape index (κ3) is 5.90. The Morgan fingerprint density at radius 2 is 2.00 bits per heavy atom. The average Bonchev–Trinajstić information content (AvgIpc) is 2.51. The summed E-state index contributed by atoms with van der Waals surface area (Å²) >= 11 is 0. The minimum atomic E-state index is -0.359. The second-order valence-electron chi connectivity index (χ2n) is 2.37. The first-order chi connectivity index (χ1) is 6.60. The van der Waals surface area contributed by atoms with Crippen molar-refractivity contribution in [1.29, 1.82) is 0 Å². The van der Waals surface area contributed by atoms with Crippen LogP contribution in [0.1, 0.15) is 12.8 Å². The van der Waals surface area contributed by atoms with Gasteiger partial charge >= 0.3 is 0 Å². The van der Waals surface area contributed by atoms with Gasteiger partial charge in [0.2, 0.25) is 17.7 Å². The lowest BCUT2D eigenvalue weighted by Crippen LogP contribution is -2.20.